The van der Waals surface area contributed by atoms with Crippen molar-refractivity contribution >= 4 is 73.1 Å². The van der Waals surface area contributed by atoms with Gasteiger partial charge in [-0.15, -0.1) is 0 Å². The van der Waals surface area contributed by atoms with Crippen LogP contribution in [0.4, 0.5) is 20.6 Å². The number of urea groups is 1. The molecule has 1 saturated heterocycles. The van der Waals surface area contributed by atoms with Crippen LogP contribution < -0.4 is 20.3 Å². The molecule has 37 heavy (non-hydrogen) atoms. The smallest absolute Gasteiger partial charge is 0.335 e. The van der Waals surface area contributed by atoms with Gasteiger partial charge in [0, 0.05) is 15.7 Å². The van der Waals surface area contributed by atoms with E-state index in [1.54, 1.807) is 24.3 Å². The minimum absolute atomic E-state index is 0.0853. The summed E-state index contributed by atoms with van der Waals surface area (Å²) >= 11 is 6.74. The number of ether oxygens (including phenoxy) is 1. The van der Waals surface area contributed by atoms with Gasteiger partial charge < -0.3 is 10.1 Å². The van der Waals surface area contributed by atoms with Crippen LogP contribution >= 0.6 is 31.9 Å². The van der Waals surface area contributed by atoms with Gasteiger partial charge in [0.05, 0.1) is 10.2 Å². The van der Waals surface area contributed by atoms with Gasteiger partial charge in [-0.1, -0.05) is 34.1 Å². The minimum atomic E-state index is -0.960. The van der Waals surface area contributed by atoms with Gasteiger partial charge in [0.1, 0.15) is 17.1 Å². The predicted molar refractivity (Wildman–Crippen MR) is 143 cm³/mol. The Morgan fingerprint density at radius 3 is 2.49 bits per heavy atom. The number of imide groups is 2. The number of anilines is 2. The Hall–Kier alpha value is -3.83. The summed E-state index contributed by atoms with van der Waals surface area (Å²) in [5, 5.41) is 4.88. The van der Waals surface area contributed by atoms with Gasteiger partial charge in [-0.3, -0.25) is 19.7 Å². The van der Waals surface area contributed by atoms with Crippen molar-refractivity contribution in [3.05, 3.63) is 92.1 Å². The van der Waals surface area contributed by atoms with Gasteiger partial charge in [0.2, 0.25) is 0 Å². The van der Waals surface area contributed by atoms with Crippen LogP contribution in [0.25, 0.3) is 6.08 Å². The fraction of sp³-hybridized carbons (Fsp3) is 0.0769. The third kappa shape index (κ3) is 5.95. The average molecular weight is 631 g/mol. The van der Waals surface area contributed by atoms with Gasteiger partial charge in [-0.2, -0.15) is 0 Å². The molecular weight excluding hydrogens is 613 g/mol. The summed E-state index contributed by atoms with van der Waals surface area (Å²) in [6, 6.07) is 14.3. The number of nitrogens with one attached hydrogen (secondary N) is 2. The normalized spacial score (nSPS) is 14.5. The molecular formula is C26H18Br2FN3O5. The molecule has 0 aliphatic carbocycles. The first-order chi connectivity index (χ1) is 17.6. The van der Waals surface area contributed by atoms with Gasteiger partial charge in [-0.25, -0.2) is 14.1 Å². The number of amides is 5. The lowest BCUT2D eigenvalue weighted by atomic mass is 10.1. The van der Waals surface area contributed by atoms with Crippen LogP contribution in [0.15, 0.2) is 75.2 Å². The Balaban J connectivity index is 1.63. The fourth-order valence-corrected chi connectivity index (χ4v) is 4.89. The molecule has 0 spiro atoms. The van der Waals surface area contributed by atoms with E-state index in [0.717, 1.165) is 22.6 Å². The number of aryl methyl sites for hydroxylation is 1. The molecule has 8 nitrogen and oxygen atoms in total. The number of halogens is 3. The number of hydrogen-bond donors (Lipinski definition) is 2. The molecule has 4 rings (SSSR count). The average Bonchev–Trinajstić information content (AvgIpc) is 2.83. The summed E-state index contributed by atoms with van der Waals surface area (Å²) < 4.78 is 20.2. The number of barbiturate groups is 1. The van der Waals surface area contributed by atoms with E-state index in [-0.39, 0.29) is 29.2 Å². The van der Waals surface area contributed by atoms with Crippen molar-refractivity contribution in [3.8, 4) is 5.75 Å². The molecule has 5 amide bonds. The van der Waals surface area contributed by atoms with Gasteiger partial charge >= 0.3 is 6.03 Å². The van der Waals surface area contributed by atoms with Crippen LogP contribution in [0.3, 0.4) is 0 Å². The third-order valence-electron chi connectivity index (χ3n) is 5.29. The molecule has 0 bridgehead atoms. The number of para-hydroxylation sites is 1. The second-order valence-corrected chi connectivity index (χ2v) is 9.66. The maximum absolute atomic E-state index is 13.3. The Morgan fingerprint density at radius 1 is 1.08 bits per heavy atom. The lowest BCUT2D eigenvalue weighted by Crippen LogP contribution is -2.54. The van der Waals surface area contributed by atoms with Crippen LogP contribution in [0.5, 0.6) is 5.75 Å². The first-order valence-electron chi connectivity index (χ1n) is 10.8. The summed E-state index contributed by atoms with van der Waals surface area (Å²) in [5.74, 6) is -2.58. The first-order valence-corrected chi connectivity index (χ1v) is 12.4. The number of nitrogens with zero attached hydrogens (tertiary/aromatic N) is 1. The second kappa shape index (κ2) is 11.1. The van der Waals surface area contributed by atoms with Gasteiger partial charge in [0.15, 0.2) is 6.61 Å². The highest BCUT2D eigenvalue weighted by Gasteiger charge is 2.37. The highest BCUT2D eigenvalue weighted by atomic mass is 79.9. The molecule has 11 heteroatoms. The molecule has 0 unspecified atom stereocenters. The zero-order valence-corrected chi connectivity index (χ0v) is 22.4. The maximum atomic E-state index is 13.3. The second-order valence-electron chi connectivity index (χ2n) is 7.89. The van der Waals surface area contributed by atoms with Crippen LogP contribution in [0.2, 0.25) is 0 Å². The molecule has 0 atom stereocenters. The predicted octanol–water partition coefficient (Wildman–Crippen LogP) is 5.34. The minimum Gasteiger partial charge on any atom is -0.482 e. The van der Waals surface area contributed by atoms with Crippen molar-refractivity contribution in [2.45, 2.75) is 6.92 Å². The molecule has 2 N–H and O–H groups in total. The Labute approximate surface area is 227 Å². The van der Waals surface area contributed by atoms with Crippen LogP contribution in [0, 0.1) is 12.7 Å². The van der Waals surface area contributed by atoms with Crippen molar-refractivity contribution in [3.63, 3.8) is 0 Å². The Morgan fingerprint density at radius 2 is 1.78 bits per heavy atom. The van der Waals surface area contributed by atoms with E-state index in [9.17, 15) is 23.6 Å². The van der Waals surface area contributed by atoms with E-state index in [2.05, 4.69) is 42.5 Å². The Kier molecular flexibility index (Phi) is 7.84. The number of carbonyl (C=O) groups excluding carboxylic acids is 4. The zero-order chi connectivity index (χ0) is 26.7. The number of hydrogen-bond acceptors (Lipinski definition) is 5. The number of carbonyl (C=O) groups is 4. The van der Waals surface area contributed by atoms with Crippen molar-refractivity contribution < 1.29 is 28.3 Å². The summed E-state index contributed by atoms with van der Waals surface area (Å²) in [5.41, 5.74) is 1.54. The van der Waals surface area contributed by atoms with Crippen molar-refractivity contribution in [2.75, 3.05) is 16.8 Å². The molecule has 1 fully saturated rings. The molecule has 3 aromatic carbocycles. The summed E-state index contributed by atoms with van der Waals surface area (Å²) in [6.45, 7) is 1.50. The molecule has 0 saturated carbocycles. The van der Waals surface area contributed by atoms with E-state index in [4.69, 9.17) is 4.74 Å². The van der Waals surface area contributed by atoms with E-state index >= 15 is 0 Å². The molecule has 1 aliphatic rings. The maximum Gasteiger partial charge on any atom is 0.335 e. The lowest BCUT2D eigenvalue weighted by Gasteiger charge is -2.26. The lowest BCUT2D eigenvalue weighted by molar-refractivity contribution is -0.122. The number of benzene rings is 3. The van der Waals surface area contributed by atoms with Crippen molar-refractivity contribution in [1.29, 1.82) is 0 Å². The topological polar surface area (TPSA) is 105 Å². The summed E-state index contributed by atoms with van der Waals surface area (Å²) in [6.07, 6.45) is 1.25. The zero-order valence-electron chi connectivity index (χ0n) is 19.2. The fourth-order valence-electron chi connectivity index (χ4n) is 3.51. The molecule has 0 aromatic heterocycles. The van der Waals surface area contributed by atoms with Crippen molar-refractivity contribution in [2.24, 2.45) is 0 Å². The van der Waals surface area contributed by atoms with Crippen molar-refractivity contribution in [1.82, 2.24) is 5.32 Å². The Bertz CT molecular complexity index is 1460. The molecule has 3 aromatic rings. The standard InChI is InChI=1S/C26H18Br2FN3O5/c1-14-4-2-3-5-21(14)30-22(33)13-37-23-15(10-16(27)12-20(23)28)11-19-24(34)31-26(36)32(25(19)35)18-8-6-17(29)7-9-18/h2-12H,13H2,1H3,(H,30,33)(H,31,34,36)/b19-11+. The van der Waals surface area contributed by atoms with Gasteiger partial charge in [-0.05, 0) is 77.0 Å². The van der Waals surface area contributed by atoms with E-state index in [1.165, 1.54) is 18.2 Å². The molecule has 1 aliphatic heterocycles. The monoisotopic (exact) mass is 629 g/mol. The third-order valence-corrected chi connectivity index (χ3v) is 6.34. The number of rotatable bonds is 6. The van der Waals surface area contributed by atoms with Crippen LogP contribution in [-0.2, 0) is 14.4 Å². The van der Waals surface area contributed by atoms with Gasteiger partial charge in [0.25, 0.3) is 17.7 Å². The van der Waals surface area contributed by atoms with E-state index in [0.29, 0.717) is 14.6 Å². The summed E-state index contributed by atoms with van der Waals surface area (Å²) in [4.78, 5) is 51.4. The first kappa shape index (κ1) is 26.2. The molecule has 1 heterocycles. The van der Waals surface area contributed by atoms with E-state index in [1.807, 2.05) is 19.1 Å². The van der Waals surface area contributed by atoms with Crippen LogP contribution in [-0.4, -0.2) is 30.4 Å². The largest absolute Gasteiger partial charge is 0.482 e. The quantitative estimate of drug-likeness (QED) is 0.283. The highest BCUT2D eigenvalue weighted by Crippen LogP contribution is 2.35. The highest BCUT2D eigenvalue weighted by molar-refractivity contribution is 9.11. The molecule has 0 radical (unpaired) electrons. The van der Waals surface area contributed by atoms with E-state index < -0.39 is 29.6 Å². The SMILES string of the molecule is Cc1ccccc1NC(=O)COc1c(Br)cc(Br)cc1/C=C1\C(=O)NC(=O)N(c2ccc(F)cc2)C1=O. The summed E-state index contributed by atoms with van der Waals surface area (Å²) in [7, 11) is 0. The van der Waals surface area contributed by atoms with Crippen LogP contribution in [0.1, 0.15) is 11.1 Å². The molecule has 188 valence electrons.